The third kappa shape index (κ3) is 3.82. The molecule has 1 aromatic carbocycles. The fourth-order valence-electron chi connectivity index (χ4n) is 1.74. The van der Waals surface area contributed by atoms with E-state index in [1.807, 2.05) is 26.8 Å². The van der Waals surface area contributed by atoms with Gasteiger partial charge >= 0.3 is 0 Å². The van der Waals surface area contributed by atoms with E-state index in [0.717, 1.165) is 5.56 Å². The summed E-state index contributed by atoms with van der Waals surface area (Å²) in [5, 5.41) is 9.85. The summed E-state index contributed by atoms with van der Waals surface area (Å²) >= 11 is 0. The molecule has 0 radical (unpaired) electrons. The predicted octanol–water partition coefficient (Wildman–Crippen LogP) is 2.08. The Labute approximate surface area is 102 Å². The summed E-state index contributed by atoms with van der Waals surface area (Å²) in [5.74, 6) is 0.998. The summed E-state index contributed by atoms with van der Waals surface area (Å²) in [5.41, 5.74) is 6.56. The van der Waals surface area contributed by atoms with Gasteiger partial charge in [0.2, 0.25) is 5.75 Å². The molecule has 0 aliphatic rings. The van der Waals surface area contributed by atoms with Crippen molar-refractivity contribution < 1.29 is 14.6 Å². The van der Waals surface area contributed by atoms with E-state index in [1.54, 1.807) is 6.07 Å². The molecule has 4 heteroatoms. The average molecular weight is 239 g/mol. The summed E-state index contributed by atoms with van der Waals surface area (Å²) < 4.78 is 10.5. The summed E-state index contributed by atoms with van der Waals surface area (Å²) in [7, 11) is 1.50. The molecule has 17 heavy (non-hydrogen) atoms. The molecule has 0 heterocycles. The molecule has 3 N–H and O–H groups in total. The zero-order valence-corrected chi connectivity index (χ0v) is 10.9. The van der Waals surface area contributed by atoms with Gasteiger partial charge in [0.1, 0.15) is 0 Å². The smallest absolute Gasteiger partial charge is 0.203 e. The molecule has 0 bridgehead atoms. The number of ether oxygens (including phenoxy) is 2. The summed E-state index contributed by atoms with van der Waals surface area (Å²) in [6.07, 6.45) is 0.657. The topological polar surface area (TPSA) is 64.7 Å². The fourth-order valence-corrected chi connectivity index (χ4v) is 1.74. The van der Waals surface area contributed by atoms with Crippen molar-refractivity contribution in [3.05, 3.63) is 17.7 Å². The minimum atomic E-state index is -0.329. The molecule has 1 rings (SSSR count). The van der Waals surface area contributed by atoms with E-state index in [2.05, 4.69) is 0 Å². The highest BCUT2D eigenvalue weighted by Gasteiger charge is 2.17. The van der Waals surface area contributed by atoms with E-state index in [0.29, 0.717) is 24.5 Å². The van der Waals surface area contributed by atoms with E-state index in [9.17, 15) is 5.11 Å². The van der Waals surface area contributed by atoms with Crippen molar-refractivity contribution in [3.63, 3.8) is 0 Å². The van der Waals surface area contributed by atoms with Crippen molar-refractivity contribution in [2.45, 2.75) is 32.7 Å². The van der Waals surface area contributed by atoms with Crippen LogP contribution in [0.4, 0.5) is 0 Å². The Balaban J connectivity index is 3.10. The lowest BCUT2D eigenvalue weighted by molar-refractivity contribution is 0.299. The van der Waals surface area contributed by atoms with Gasteiger partial charge in [0.05, 0.1) is 13.7 Å². The normalized spacial score (nSPS) is 11.4. The second-order valence-electron chi connectivity index (χ2n) is 4.74. The molecule has 96 valence electrons. The molecule has 0 atom stereocenters. The van der Waals surface area contributed by atoms with Crippen molar-refractivity contribution in [2.75, 3.05) is 13.7 Å². The summed E-state index contributed by atoms with van der Waals surface area (Å²) in [6, 6.07) is 3.52. The molecule has 0 saturated carbocycles. The van der Waals surface area contributed by atoms with Gasteiger partial charge in [0.25, 0.3) is 0 Å². The third-order valence-electron chi connectivity index (χ3n) is 2.26. The Morgan fingerprint density at radius 3 is 2.47 bits per heavy atom. The molecule has 0 unspecified atom stereocenters. The first kappa shape index (κ1) is 13.6. The Morgan fingerprint density at radius 2 is 2.00 bits per heavy atom. The van der Waals surface area contributed by atoms with Gasteiger partial charge in [-0.3, -0.25) is 0 Å². The minimum absolute atomic E-state index is 0.0812. The monoisotopic (exact) mass is 239 g/mol. The van der Waals surface area contributed by atoms with Crippen LogP contribution in [0.15, 0.2) is 12.1 Å². The number of methoxy groups -OCH3 is 1. The van der Waals surface area contributed by atoms with Crippen LogP contribution in [0.1, 0.15) is 26.3 Å². The maximum atomic E-state index is 9.85. The number of aromatic hydroxyl groups is 1. The molecule has 0 amide bonds. The first-order chi connectivity index (χ1) is 7.87. The molecule has 0 saturated heterocycles. The van der Waals surface area contributed by atoms with Crippen LogP contribution in [0.2, 0.25) is 0 Å². The van der Waals surface area contributed by atoms with Gasteiger partial charge < -0.3 is 20.3 Å². The summed E-state index contributed by atoms with van der Waals surface area (Å²) in [6.45, 7) is 6.28. The Bertz CT molecular complexity index is 383. The highest BCUT2D eigenvalue weighted by molar-refractivity contribution is 5.53. The fraction of sp³-hybridized carbons (Fsp3) is 0.538. The number of phenols is 1. The van der Waals surface area contributed by atoms with E-state index < -0.39 is 0 Å². The molecular weight excluding hydrogens is 218 g/mol. The molecule has 0 aromatic heterocycles. The van der Waals surface area contributed by atoms with Crippen LogP contribution in [0.25, 0.3) is 0 Å². The van der Waals surface area contributed by atoms with Crippen LogP contribution in [0, 0.1) is 0 Å². The second kappa shape index (κ2) is 5.27. The van der Waals surface area contributed by atoms with Crippen LogP contribution in [-0.4, -0.2) is 24.4 Å². The lowest BCUT2D eigenvalue weighted by atomic mass is 9.96. The Hall–Kier alpha value is -1.42. The van der Waals surface area contributed by atoms with Crippen LogP contribution >= 0.6 is 0 Å². The lowest BCUT2D eigenvalue weighted by Gasteiger charge is -2.20. The number of rotatable bonds is 5. The maximum Gasteiger partial charge on any atom is 0.203 e. The predicted molar refractivity (Wildman–Crippen MR) is 67.8 cm³/mol. The van der Waals surface area contributed by atoms with Crippen molar-refractivity contribution in [2.24, 2.45) is 5.73 Å². The summed E-state index contributed by atoms with van der Waals surface area (Å²) in [4.78, 5) is 0. The maximum absolute atomic E-state index is 9.85. The molecule has 0 spiro atoms. The van der Waals surface area contributed by atoms with Gasteiger partial charge in [-0.05, 0) is 44.9 Å². The Morgan fingerprint density at radius 1 is 1.35 bits per heavy atom. The number of nitrogens with two attached hydrogens (primary N) is 1. The van der Waals surface area contributed by atoms with E-state index in [1.165, 1.54) is 7.11 Å². The quantitative estimate of drug-likeness (QED) is 0.825. The minimum Gasteiger partial charge on any atom is -0.504 e. The van der Waals surface area contributed by atoms with Gasteiger partial charge in [0, 0.05) is 5.54 Å². The van der Waals surface area contributed by atoms with Crippen LogP contribution in [0.5, 0.6) is 17.2 Å². The SMILES string of the molecule is CCOc1cc(CC(C)(C)N)cc(O)c1OC. The number of hydrogen-bond donors (Lipinski definition) is 2. The molecule has 4 nitrogen and oxygen atoms in total. The highest BCUT2D eigenvalue weighted by Crippen LogP contribution is 2.38. The van der Waals surface area contributed by atoms with Gasteiger partial charge in [0.15, 0.2) is 11.5 Å². The Kier molecular flexibility index (Phi) is 4.23. The first-order valence-electron chi connectivity index (χ1n) is 5.69. The van der Waals surface area contributed by atoms with Gasteiger partial charge in [-0.25, -0.2) is 0 Å². The van der Waals surface area contributed by atoms with Crippen molar-refractivity contribution in [1.82, 2.24) is 0 Å². The second-order valence-corrected chi connectivity index (χ2v) is 4.74. The van der Waals surface area contributed by atoms with E-state index in [-0.39, 0.29) is 11.3 Å². The number of phenolic OH excluding ortho intramolecular Hbond substituents is 1. The molecular formula is C13H21NO3. The largest absolute Gasteiger partial charge is 0.504 e. The van der Waals surface area contributed by atoms with Gasteiger partial charge in [-0.1, -0.05) is 0 Å². The molecule has 0 aliphatic carbocycles. The standard InChI is InChI=1S/C13H21NO3/c1-5-17-11-7-9(8-13(2,3)14)6-10(15)12(11)16-4/h6-7,15H,5,8,14H2,1-4H3. The van der Waals surface area contributed by atoms with E-state index >= 15 is 0 Å². The zero-order valence-electron chi connectivity index (χ0n) is 10.9. The van der Waals surface area contributed by atoms with Gasteiger partial charge in [-0.2, -0.15) is 0 Å². The zero-order chi connectivity index (χ0) is 13.1. The van der Waals surface area contributed by atoms with Crippen molar-refractivity contribution >= 4 is 0 Å². The first-order valence-corrected chi connectivity index (χ1v) is 5.69. The van der Waals surface area contributed by atoms with Crippen LogP contribution in [0.3, 0.4) is 0 Å². The average Bonchev–Trinajstić information content (AvgIpc) is 2.15. The van der Waals surface area contributed by atoms with Gasteiger partial charge in [-0.15, -0.1) is 0 Å². The van der Waals surface area contributed by atoms with E-state index in [4.69, 9.17) is 15.2 Å². The molecule has 0 aliphatic heterocycles. The lowest BCUT2D eigenvalue weighted by Crippen LogP contribution is -2.34. The van der Waals surface area contributed by atoms with Crippen LogP contribution < -0.4 is 15.2 Å². The number of benzene rings is 1. The number of hydrogen-bond acceptors (Lipinski definition) is 4. The van der Waals surface area contributed by atoms with Crippen LogP contribution in [-0.2, 0) is 6.42 Å². The molecule has 1 aromatic rings. The highest BCUT2D eigenvalue weighted by atomic mass is 16.5. The van der Waals surface area contributed by atoms with Crippen molar-refractivity contribution in [1.29, 1.82) is 0 Å². The molecule has 0 fully saturated rings. The third-order valence-corrected chi connectivity index (χ3v) is 2.26. The van der Waals surface area contributed by atoms with Crippen molar-refractivity contribution in [3.8, 4) is 17.2 Å².